The lowest BCUT2D eigenvalue weighted by Crippen LogP contribution is -2.19. The van der Waals surface area contributed by atoms with Crippen LogP contribution in [0.15, 0.2) is 18.2 Å². The highest BCUT2D eigenvalue weighted by molar-refractivity contribution is 5.86. The van der Waals surface area contributed by atoms with E-state index in [0.717, 1.165) is 16.8 Å². The fourth-order valence-electron chi connectivity index (χ4n) is 3.57. The van der Waals surface area contributed by atoms with Gasteiger partial charge in [-0.3, -0.25) is 5.32 Å². The van der Waals surface area contributed by atoms with Gasteiger partial charge in [0.25, 0.3) is 0 Å². The summed E-state index contributed by atoms with van der Waals surface area (Å²) in [7, 11) is 1.64. The molecule has 0 saturated heterocycles. The minimum atomic E-state index is -0.498. The molecule has 268 valence electrons. The monoisotopic (exact) mass is 663 g/mol. The molecular formula is C32H57NO13. The zero-order chi connectivity index (χ0) is 33.2. The first-order chi connectivity index (χ1) is 22.6. The van der Waals surface area contributed by atoms with E-state index < -0.39 is 6.09 Å². The smallest absolute Gasteiger partial charge is 0.411 e. The van der Waals surface area contributed by atoms with E-state index in [4.69, 9.17) is 56.8 Å². The maximum absolute atomic E-state index is 11.9. The molecule has 0 aliphatic rings. The average Bonchev–Trinajstić information content (AvgIpc) is 3.05. The van der Waals surface area contributed by atoms with E-state index in [1.54, 1.807) is 7.11 Å². The summed E-state index contributed by atoms with van der Waals surface area (Å²) in [5, 5.41) is 2.77. The van der Waals surface area contributed by atoms with Gasteiger partial charge in [0.15, 0.2) is 0 Å². The summed E-state index contributed by atoms with van der Waals surface area (Å²) in [6, 6.07) is 5.82. The number of methoxy groups -OCH3 is 1. The van der Waals surface area contributed by atoms with Gasteiger partial charge in [-0.25, -0.2) is 4.79 Å². The molecule has 0 bridgehead atoms. The highest BCUT2D eigenvalue weighted by Gasteiger charge is 2.07. The molecule has 0 atom stereocenters. The molecule has 14 nitrogen and oxygen atoms in total. The van der Waals surface area contributed by atoms with Crippen molar-refractivity contribution < 1.29 is 61.6 Å². The second-order valence-electron chi connectivity index (χ2n) is 9.64. The molecule has 1 amide bonds. The van der Waals surface area contributed by atoms with E-state index in [0.29, 0.717) is 139 Å². The minimum Gasteiger partial charge on any atom is -0.447 e. The van der Waals surface area contributed by atoms with Gasteiger partial charge < -0.3 is 56.8 Å². The molecule has 0 aromatic heterocycles. The number of hydrogen-bond acceptors (Lipinski definition) is 13. The van der Waals surface area contributed by atoms with Crippen LogP contribution in [0.1, 0.15) is 11.1 Å². The molecule has 0 radical (unpaired) electrons. The fourth-order valence-corrected chi connectivity index (χ4v) is 3.57. The minimum absolute atomic E-state index is 0.164. The van der Waals surface area contributed by atoms with Gasteiger partial charge in [0.2, 0.25) is 0 Å². The summed E-state index contributed by atoms with van der Waals surface area (Å²) >= 11 is 0. The fraction of sp³-hybridized carbons (Fsp3) is 0.781. The molecule has 0 saturated carbocycles. The number of anilines is 1. The maximum Gasteiger partial charge on any atom is 0.411 e. The number of ether oxygens (including phenoxy) is 12. The van der Waals surface area contributed by atoms with Crippen LogP contribution in [0.4, 0.5) is 10.5 Å². The van der Waals surface area contributed by atoms with Gasteiger partial charge in [-0.1, -0.05) is 18.2 Å². The van der Waals surface area contributed by atoms with E-state index in [-0.39, 0.29) is 6.61 Å². The van der Waals surface area contributed by atoms with Crippen molar-refractivity contribution in [1.29, 1.82) is 0 Å². The lowest BCUT2D eigenvalue weighted by molar-refractivity contribution is -0.0274. The number of carbonyl (C=O) groups excluding carboxylic acids is 1. The largest absolute Gasteiger partial charge is 0.447 e. The van der Waals surface area contributed by atoms with E-state index in [2.05, 4.69) is 5.32 Å². The van der Waals surface area contributed by atoms with Crippen LogP contribution in [-0.4, -0.2) is 159 Å². The Bertz CT molecular complexity index is 798. The molecule has 0 fully saturated rings. The van der Waals surface area contributed by atoms with E-state index >= 15 is 0 Å². The Morgan fingerprint density at radius 3 is 1.00 bits per heavy atom. The van der Waals surface area contributed by atoms with Gasteiger partial charge in [0.05, 0.1) is 139 Å². The van der Waals surface area contributed by atoms with Crippen molar-refractivity contribution in [3.05, 3.63) is 29.3 Å². The number of amides is 1. The summed E-state index contributed by atoms with van der Waals surface area (Å²) in [6.07, 6.45) is -0.498. The molecule has 46 heavy (non-hydrogen) atoms. The van der Waals surface area contributed by atoms with E-state index in [1.807, 2.05) is 32.0 Å². The summed E-state index contributed by atoms with van der Waals surface area (Å²) in [4.78, 5) is 11.9. The molecule has 14 heteroatoms. The number of carbonyl (C=O) groups is 1. The summed E-state index contributed by atoms with van der Waals surface area (Å²) < 4.78 is 64.4. The highest BCUT2D eigenvalue weighted by Crippen LogP contribution is 2.19. The Balaban J connectivity index is 1.68. The first-order valence-corrected chi connectivity index (χ1v) is 15.9. The topological polar surface area (TPSA) is 140 Å². The van der Waals surface area contributed by atoms with Crippen molar-refractivity contribution in [2.45, 2.75) is 13.8 Å². The van der Waals surface area contributed by atoms with Crippen molar-refractivity contribution in [1.82, 2.24) is 0 Å². The number of para-hydroxylation sites is 1. The molecule has 1 N–H and O–H groups in total. The van der Waals surface area contributed by atoms with Gasteiger partial charge in [-0.2, -0.15) is 0 Å². The lowest BCUT2D eigenvalue weighted by atomic mass is 10.1. The van der Waals surface area contributed by atoms with Crippen LogP contribution in [-0.2, 0) is 56.8 Å². The summed E-state index contributed by atoms with van der Waals surface area (Å²) in [6.45, 7) is 14.4. The first-order valence-electron chi connectivity index (χ1n) is 15.9. The Morgan fingerprint density at radius 2 is 0.717 bits per heavy atom. The molecule has 0 aliphatic heterocycles. The number of nitrogens with one attached hydrogen (secondary N) is 1. The lowest BCUT2D eigenvalue weighted by Gasteiger charge is -2.12. The zero-order valence-corrected chi connectivity index (χ0v) is 28.1. The predicted molar refractivity (Wildman–Crippen MR) is 171 cm³/mol. The molecule has 1 rings (SSSR count). The van der Waals surface area contributed by atoms with Crippen molar-refractivity contribution in [2.24, 2.45) is 0 Å². The third-order valence-corrected chi connectivity index (χ3v) is 5.95. The van der Waals surface area contributed by atoms with Crippen molar-refractivity contribution in [2.75, 3.05) is 158 Å². The SMILES string of the molecule is COCCOCCOCCOCCOCCOCCOCCOCCOCCOCCOCCOC(=O)Nc1c(C)cccc1C. The van der Waals surface area contributed by atoms with Crippen molar-refractivity contribution >= 4 is 11.8 Å². The van der Waals surface area contributed by atoms with Crippen LogP contribution >= 0.6 is 0 Å². The molecule has 0 spiro atoms. The van der Waals surface area contributed by atoms with Crippen LogP contribution in [0.3, 0.4) is 0 Å². The zero-order valence-electron chi connectivity index (χ0n) is 28.1. The number of aryl methyl sites for hydroxylation is 2. The van der Waals surface area contributed by atoms with Crippen LogP contribution in [0.2, 0.25) is 0 Å². The Morgan fingerprint density at radius 1 is 0.457 bits per heavy atom. The standard InChI is InChI=1S/C32H57NO13/c1-29-5-4-6-30(2)31(29)33-32(34)46-28-27-45-26-25-44-24-23-43-22-21-42-20-19-41-18-17-40-16-15-39-14-13-38-12-11-37-10-9-36-8-7-35-3/h4-6H,7-28H2,1-3H3,(H,33,34). The van der Waals surface area contributed by atoms with Crippen molar-refractivity contribution in [3.8, 4) is 0 Å². The second kappa shape index (κ2) is 33.0. The first kappa shape index (κ1) is 42.1. The average molecular weight is 664 g/mol. The van der Waals surface area contributed by atoms with Gasteiger partial charge in [0.1, 0.15) is 6.61 Å². The third-order valence-electron chi connectivity index (χ3n) is 5.95. The van der Waals surface area contributed by atoms with Crippen LogP contribution in [0.5, 0.6) is 0 Å². The van der Waals surface area contributed by atoms with E-state index in [1.165, 1.54) is 0 Å². The molecule has 0 unspecified atom stereocenters. The number of rotatable bonds is 34. The summed E-state index contributed by atoms with van der Waals surface area (Å²) in [5.74, 6) is 0. The Kier molecular flexibility index (Phi) is 30.2. The number of hydrogen-bond donors (Lipinski definition) is 1. The molecule has 0 heterocycles. The van der Waals surface area contributed by atoms with Crippen LogP contribution in [0.25, 0.3) is 0 Å². The molecular weight excluding hydrogens is 606 g/mol. The highest BCUT2D eigenvalue weighted by atomic mass is 16.6. The van der Waals surface area contributed by atoms with Crippen LogP contribution < -0.4 is 5.32 Å². The number of benzene rings is 1. The van der Waals surface area contributed by atoms with Gasteiger partial charge >= 0.3 is 6.09 Å². The molecule has 0 aliphatic carbocycles. The normalized spacial score (nSPS) is 11.3. The molecule has 1 aromatic carbocycles. The van der Waals surface area contributed by atoms with Gasteiger partial charge in [-0.15, -0.1) is 0 Å². The van der Waals surface area contributed by atoms with E-state index in [9.17, 15) is 4.79 Å². The molecule has 1 aromatic rings. The van der Waals surface area contributed by atoms with Crippen molar-refractivity contribution in [3.63, 3.8) is 0 Å². The second-order valence-corrected chi connectivity index (χ2v) is 9.64. The third kappa shape index (κ3) is 27.2. The van der Waals surface area contributed by atoms with Gasteiger partial charge in [0, 0.05) is 12.8 Å². The maximum atomic E-state index is 11.9. The van der Waals surface area contributed by atoms with Gasteiger partial charge in [-0.05, 0) is 25.0 Å². The Labute approximate surface area is 274 Å². The Hall–Kier alpha value is -1.95. The predicted octanol–water partition coefficient (Wildman–Crippen LogP) is 2.66. The quantitative estimate of drug-likeness (QED) is 0.108. The summed E-state index contributed by atoms with van der Waals surface area (Å²) in [5.41, 5.74) is 2.74. The van der Waals surface area contributed by atoms with Crippen LogP contribution in [0, 0.1) is 13.8 Å².